The van der Waals surface area contributed by atoms with Crippen LogP contribution in [0.15, 0.2) is 48.8 Å². The molecule has 2 heterocycles. The van der Waals surface area contributed by atoms with Crippen molar-refractivity contribution in [3.63, 3.8) is 0 Å². The standard InChI is InChI=1S/C20H22N4O2/c1-23-9-7-16(8-10-23)24-13-15(12-21-24)22-20(26)19-4-2-3-14-11-17(25)5-6-18(14)19/h2-6,11-13,16,25H,7-10H2,1H3,(H,22,26). The number of amides is 1. The number of anilines is 1. The average molecular weight is 350 g/mol. The second-order valence-electron chi connectivity index (χ2n) is 6.91. The Morgan fingerprint density at radius 1 is 1.23 bits per heavy atom. The first-order valence-corrected chi connectivity index (χ1v) is 8.86. The van der Waals surface area contributed by atoms with Crippen molar-refractivity contribution in [1.29, 1.82) is 0 Å². The van der Waals surface area contributed by atoms with Gasteiger partial charge in [-0.25, -0.2) is 0 Å². The van der Waals surface area contributed by atoms with Gasteiger partial charge in [-0.2, -0.15) is 5.10 Å². The fourth-order valence-corrected chi connectivity index (χ4v) is 3.53. The molecule has 0 aliphatic carbocycles. The van der Waals surface area contributed by atoms with Gasteiger partial charge in [0, 0.05) is 11.8 Å². The van der Waals surface area contributed by atoms with E-state index in [0.29, 0.717) is 17.3 Å². The maximum absolute atomic E-state index is 12.7. The van der Waals surface area contributed by atoms with Crippen LogP contribution in [-0.4, -0.2) is 45.8 Å². The number of hydrogen-bond donors (Lipinski definition) is 2. The predicted octanol–water partition coefficient (Wildman–Crippen LogP) is 3.26. The molecule has 3 aromatic rings. The molecule has 0 saturated carbocycles. The lowest BCUT2D eigenvalue weighted by molar-refractivity contribution is 0.102. The monoisotopic (exact) mass is 350 g/mol. The molecule has 1 aromatic heterocycles. The summed E-state index contributed by atoms with van der Waals surface area (Å²) in [6.45, 7) is 2.13. The van der Waals surface area contributed by atoms with Gasteiger partial charge in [0.25, 0.3) is 5.91 Å². The second-order valence-corrected chi connectivity index (χ2v) is 6.91. The number of benzene rings is 2. The number of aromatic nitrogens is 2. The maximum Gasteiger partial charge on any atom is 0.256 e. The zero-order chi connectivity index (χ0) is 18.1. The summed E-state index contributed by atoms with van der Waals surface area (Å²) < 4.78 is 1.96. The highest BCUT2D eigenvalue weighted by atomic mass is 16.3. The Balaban J connectivity index is 1.52. The van der Waals surface area contributed by atoms with Crippen LogP contribution in [0.5, 0.6) is 5.75 Å². The van der Waals surface area contributed by atoms with Crippen molar-refractivity contribution in [3.05, 3.63) is 54.4 Å². The van der Waals surface area contributed by atoms with Crippen LogP contribution in [-0.2, 0) is 0 Å². The van der Waals surface area contributed by atoms with E-state index in [9.17, 15) is 9.90 Å². The average Bonchev–Trinajstić information content (AvgIpc) is 3.10. The van der Waals surface area contributed by atoms with Crippen molar-refractivity contribution in [1.82, 2.24) is 14.7 Å². The minimum atomic E-state index is -0.177. The molecule has 0 atom stereocenters. The number of nitrogens with one attached hydrogen (secondary N) is 1. The SMILES string of the molecule is CN1CCC(n2cc(NC(=O)c3cccc4cc(O)ccc34)cn2)CC1. The Morgan fingerprint density at radius 2 is 2.04 bits per heavy atom. The van der Waals surface area contributed by atoms with Gasteiger partial charge >= 0.3 is 0 Å². The molecule has 0 bridgehead atoms. The van der Waals surface area contributed by atoms with Gasteiger partial charge in [-0.1, -0.05) is 12.1 Å². The van der Waals surface area contributed by atoms with E-state index in [1.807, 2.05) is 23.0 Å². The van der Waals surface area contributed by atoms with Crippen LogP contribution in [0.4, 0.5) is 5.69 Å². The van der Waals surface area contributed by atoms with Gasteiger partial charge in [-0.3, -0.25) is 9.48 Å². The fraction of sp³-hybridized carbons (Fsp3) is 0.300. The molecule has 1 aliphatic heterocycles. The number of fused-ring (bicyclic) bond motifs is 1. The molecule has 1 aliphatic rings. The van der Waals surface area contributed by atoms with Crippen molar-refractivity contribution in [2.24, 2.45) is 0 Å². The van der Waals surface area contributed by atoms with Gasteiger partial charge in [-0.15, -0.1) is 0 Å². The lowest BCUT2D eigenvalue weighted by Crippen LogP contribution is -2.31. The highest BCUT2D eigenvalue weighted by Gasteiger charge is 2.19. The minimum Gasteiger partial charge on any atom is -0.508 e. The number of nitrogens with zero attached hydrogens (tertiary/aromatic N) is 3. The summed E-state index contributed by atoms with van der Waals surface area (Å²) in [5.74, 6) is 0.0127. The van der Waals surface area contributed by atoms with E-state index in [1.54, 1.807) is 30.5 Å². The molecular weight excluding hydrogens is 328 g/mol. The van der Waals surface area contributed by atoms with Crippen molar-refractivity contribution in [2.45, 2.75) is 18.9 Å². The molecule has 2 aromatic carbocycles. The molecular formula is C20H22N4O2. The van der Waals surface area contributed by atoms with E-state index in [-0.39, 0.29) is 11.7 Å². The van der Waals surface area contributed by atoms with Crippen molar-refractivity contribution < 1.29 is 9.90 Å². The first-order valence-electron chi connectivity index (χ1n) is 8.86. The Kier molecular flexibility index (Phi) is 4.34. The first kappa shape index (κ1) is 16.6. The lowest BCUT2D eigenvalue weighted by Gasteiger charge is -2.28. The number of phenols is 1. The van der Waals surface area contributed by atoms with Crippen LogP contribution in [0.1, 0.15) is 29.2 Å². The van der Waals surface area contributed by atoms with Crippen LogP contribution in [0.2, 0.25) is 0 Å². The number of rotatable bonds is 3. The molecule has 1 fully saturated rings. The zero-order valence-electron chi connectivity index (χ0n) is 14.7. The van der Waals surface area contributed by atoms with Crippen LogP contribution in [0.25, 0.3) is 10.8 Å². The third-order valence-corrected chi connectivity index (χ3v) is 5.03. The van der Waals surface area contributed by atoms with E-state index in [4.69, 9.17) is 0 Å². The normalized spacial score (nSPS) is 16.0. The number of aromatic hydroxyl groups is 1. The van der Waals surface area contributed by atoms with Crippen molar-refractivity contribution >= 4 is 22.4 Å². The minimum absolute atomic E-state index is 0.177. The van der Waals surface area contributed by atoms with Crippen LogP contribution < -0.4 is 5.32 Å². The summed E-state index contributed by atoms with van der Waals surface area (Å²) in [7, 11) is 2.13. The second kappa shape index (κ2) is 6.80. The lowest BCUT2D eigenvalue weighted by atomic mass is 10.0. The van der Waals surface area contributed by atoms with Crippen LogP contribution >= 0.6 is 0 Å². The number of hydrogen-bond acceptors (Lipinski definition) is 4. The number of piperidine rings is 1. The van der Waals surface area contributed by atoms with E-state index >= 15 is 0 Å². The third kappa shape index (κ3) is 3.28. The molecule has 0 radical (unpaired) electrons. The molecule has 1 amide bonds. The van der Waals surface area contributed by atoms with Gasteiger partial charge in [0.1, 0.15) is 5.75 Å². The fourth-order valence-electron chi connectivity index (χ4n) is 3.53. The Morgan fingerprint density at radius 3 is 2.85 bits per heavy atom. The van der Waals surface area contributed by atoms with E-state index in [0.717, 1.165) is 36.7 Å². The van der Waals surface area contributed by atoms with Crippen LogP contribution in [0.3, 0.4) is 0 Å². The molecule has 4 rings (SSSR count). The molecule has 2 N–H and O–H groups in total. The first-order chi connectivity index (χ1) is 12.6. The highest BCUT2D eigenvalue weighted by molar-refractivity contribution is 6.13. The molecule has 1 saturated heterocycles. The number of phenolic OH excluding ortho intramolecular Hbond substituents is 1. The van der Waals surface area contributed by atoms with Gasteiger partial charge in [0.05, 0.1) is 17.9 Å². The van der Waals surface area contributed by atoms with Crippen molar-refractivity contribution in [3.8, 4) is 5.75 Å². The summed E-state index contributed by atoms with van der Waals surface area (Å²) in [6.07, 6.45) is 5.74. The van der Waals surface area contributed by atoms with E-state index in [2.05, 4.69) is 22.4 Å². The summed E-state index contributed by atoms with van der Waals surface area (Å²) in [5.41, 5.74) is 1.28. The largest absolute Gasteiger partial charge is 0.508 e. The van der Waals surface area contributed by atoms with E-state index < -0.39 is 0 Å². The summed E-state index contributed by atoms with van der Waals surface area (Å²) >= 11 is 0. The van der Waals surface area contributed by atoms with Gasteiger partial charge < -0.3 is 15.3 Å². The molecule has 6 heteroatoms. The summed E-state index contributed by atoms with van der Waals surface area (Å²) in [4.78, 5) is 15.0. The number of carbonyl (C=O) groups excluding carboxylic acids is 1. The summed E-state index contributed by atoms with van der Waals surface area (Å²) in [6, 6.07) is 10.9. The molecule has 26 heavy (non-hydrogen) atoms. The van der Waals surface area contributed by atoms with Crippen LogP contribution in [0, 0.1) is 0 Å². The smallest absolute Gasteiger partial charge is 0.256 e. The molecule has 134 valence electrons. The number of carbonyl (C=O) groups is 1. The molecule has 0 spiro atoms. The zero-order valence-corrected chi connectivity index (χ0v) is 14.7. The van der Waals surface area contributed by atoms with Gasteiger partial charge in [0.2, 0.25) is 0 Å². The Bertz CT molecular complexity index is 942. The number of likely N-dealkylation sites (tertiary alicyclic amines) is 1. The third-order valence-electron chi connectivity index (χ3n) is 5.03. The molecule has 0 unspecified atom stereocenters. The predicted molar refractivity (Wildman–Crippen MR) is 102 cm³/mol. The maximum atomic E-state index is 12.7. The van der Waals surface area contributed by atoms with Crippen molar-refractivity contribution in [2.75, 3.05) is 25.5 Å². The topological polar surface area (TPSA) is 70.4 Å². The quantitative estimate of drug-likeness (QED) is 0.761. The Hall–Kier alpha value is -2.86. The highest BCUT2D eigenvalue weighted by Crippen LogP contribution is 2.25. The van der Waals surface area contributed by atoms with E-state index in [1.165, 1.54) is 0 Å². The summed E-state index contributed by atoms with van der Waals surface area (Å²) in [5, 5.41) is 18.6. The van der Waals surface area contributed by atoms with Gasteiger partial charge in [0.15, 0.2) is 0 Å². The van der Waals surface area contributed by atoms with Gasteiger partial charge in [-0.05, 0) is 68.0 Å². The Labute approximate surface area is 152 Å². The molecule has 6 nitrogen and oxygen atoms in total.